The highest BCUT2D eigenvalue weighted by Gasteiger charge is 2.10. The monoisotopic (exact) mass is 381 g/mol. The zero-order chi connectivity index (χ0) is 16.2. The van der Waals surface area contributed by atoms with Gasteiger partial charge in [-0.1, -0.05) is 18.2 Å². The summed E-state index contributed by atoms with van der Waals surface area (Å²) in [5.74, 6) is 0.707. The highest BCUT2D eigenvalue weighted by molar-refractivity contribution is 9.10. The molecule has 0 heterocycles. The van der Waals surface area contributed by atoms with Gasteiger partial charge >= 0.3 is 0 Å². The summed E-state index contributed by atoms with van der Waals surface area (Å²) in [6.07, 6.45) is 1.39. The molecule has 0 aliphatic heterocycles. The van der Waals surface area contributed by atoms with Gasteiger partial charge in [-0.05, 0) is 65.7 Å². The van der Waals surface area contributed by atoms with Gasteiger partial charge in [0, 0.05) is 6.21 Å². The fraction of sp³-hybridized carbons (Fsp3) is 0.188. The van der Waals surface area contributed by atoms with E-state index in [4.69, 9.17) is 4.74 Å². The first-order chi connectivity index (χ1) is 10.4. The molecule has 0 atom stereocenters. The maximum atomic E-state index is 12.1. The summed E-state index contributed by atoms with van der Waals surface area (Å²) in [6.45, 7) is 3.88. The Morgan fingerprint density at radius 2 is 1.82 bits per heavy atom. The van der Waals surface area contributed by atoms with Crippen LogP contribution in [0.25, 0.3) is 0 Å². The predicted octanol–water partition coefficient (Wildman–Crippen LogP) is 4.04. The molecule has 0 saturated heterocycles. The molecule has 0 unspecified atom stereocenters. The molecule has 0 aliphatic rings. The largest absolute Gasteiger partial charge is 0.490 e. The van der Waals surface area contributed by atoms with Crippen LogP contribution in [0.3, 0.4) is 0 Å². The SMILES string of the molecule is CC(C)Oc1ccc(/C=N\S(=O)(=O)c2ccccc2)cc1Br. The number of rotatable bonds is 5. The van der Waals surface area contributed by atoms with Crippen LogP contribution in [0.2, 0.25) is 0 Å². The Labute approximate surface area is 139 Å². The van der Waals surface area contributed by atoms with Crippen LogP contribution in [-0.4, -0.2) is 20.7 Å². The van der Waals surface area contributed by atoms with Crippen molar-refractivity contribution in [1.82, 2.24) is 0 Å². The van der Waals surface area contributed by atoms with E-state index in [1.807, 2.05) is 13.8 Å². The molecule has 0 fully saturated rings. The molecule has 2 aromatic rings. The fourth-order valence-corrected chi connectivity index (χ4v) is 3.10. The average Bonchev–Trinajstić information content (AvgIpc) is 2.48. The lowest BCUT2D eigenvalue weighted by Crippen LogP contribution is -2.06. The Hall–Kier alpha value is -1.66. The number of halogens is 1. The summed E-state index contributed by atoms with van der Waals surface area (Å²) in [5, 5.41) is 0. The van der Waals surface area contributed by atoms with Gasteiger partial charge < -0.3 is 4.74 Å². The molecule has 0 bridgehead atoms. The van der Waals surface area contributed by atoms with Crippen molar-refractivity contribution >= 4 is 32.2 Å². The van der Waals surface area contributed by atoms with Crippen LogP contribution in [-0.2, 0) is 10.0 Å². The zero-order valence-electron chi connectivity index (χ0n) is 12.2. The minimum Gasteiger partial charge on any atom is -0.490 e. The molecule has 2 aromatic carbocycles. The predicted molar refractivity (Wildman–Crippen MR) is 91.1 cm³/mol. The standard InChI is InChI=1S/C16H16BrNO3S/c1-12(2)21-16-9-8-13(10-15(16)17)11-18-22(19,20)14-6-4-3-5-7-14/h3-12H,1-2H3/b18-11-. The second-order valence-corrected chi connectivity index (χ2v) is 7.37. The zero-order valence-corrected chi connectivity index (χ0v) is 14.6. The van der Waals surface area contributed by atoms with Crippen molar-refractivity contribution in [3.63, 3.8) is 0 Å². The topological polar surface area (TPSA) is 55.7 Å². The summed E-state index contributed by atoms with van der Waals surface area (Å²) >= 11 is 3.40. The number of nitrogens with zero attached hydrogens (tertiary/aromatic N) is 1. The Morgan fingerprint density at radius 1 is 1.14 bits per heavy atom. The van der Waals surface area contributed by atoms with Gasteiger partial charge in [0.2, 0.25) is 0 Å². The Bertz CT molecular complexity index is 771. The summed E-state index contributed by atoms with van der Waals surface area (Å²) < 4.78 is 34.2. The molecule has 0 spiro atoms. The molecule has 116 valence electrons. The van der Waals surface area contributed by atoms with Crippen LogP contribution in [0.15, 0.2) is 62.3 Å². The van der Waals surface area contributed by atoms with Crippen LogP contribution in [0.1, 0.15) is 19.4 Å². The minimum absolute atomic E-state index is 0.0641. The van der Waals surface area contributed by atoms with Crippen molar-refractivity contribution in [2.45, 2.75) is 24.8 Å². The van der Waals surface area contributed by atoms with E-state index in [2.05, 4.69) is 20.3 Å². The van der Waals surface area contributed by atoms with E-state index in [1.165, 1.54) is 18.3 Å². The number of hydrogen-bond acceptors (Lipinski definition) is 3. The average molecular weight is 382 g/mol. The first-order valence-corrected chi connectivity index (χ1v) is 8.93. The normalized spacial score (nSPS) is 12.0. The van der Waals surface area contributed by atoms with E-state index in [1.54, 1.807) is 36.4 Å². The van der Waals surface area contributed by atoms with E-state index in [-0.39, 0.29) is 11.0 Å². The molecule has 0 aromatic heterocycles. The fourth-order valence-electron chi connectivity index (χ4n) is 1.73. The van der Waals surface area contributed by atoms with Gasteiger partial charge in [0.1, 0.15) is 5.75 Å². The Kier molecular flexibility index (Phi) is 5.37. The maximum absolute atomic E-state index is 12.1. The smallest absolute Gasteiger partial charge is 0.282 e. The first kappa shape index (κ1) is 16.7. The van der Waals surface area contributed by atoms with E-state index in [0.29, 0.717) is 11.3 Å². The van der Waals surface area contributed by atoms with Gasteiger partial charge in [-0.25, -0.2) is 0 Å². The molecular weight excluding hydrogens is 366 g/mol. The van der Waals surface area contributed by atoms with E-state index >= 15 is 0 Å². The first-order valence-electron chi connectivity index (χ1n) is 6.70. The summed E-state index contributed by atoms with van der Waals surface area (Å²) in [7, 11) is -3.68. The quantitative estimate of drug-likeness (QED) is 0.734. The Balaban J connectivity index is 2.22. The molecule has 6 heteroatoms. The highest BCUT2D eigenvalue weighted by Crippen LogP contribution is 2.26. The van der Waals surface area contributed by atoms with Crippen molar-refractivity contribution in [2.24, 2.45) is 4.40 Å². The summed E-state index contributed by atoms with van der Waals surface area (Å²) in [6, 6.07) is 13.4. The third-order valence-corrected chi connectivity index (χ3v) is 4.57. The van der Waals surface area contributed by atoms with Crippen LogP contribution in [0.5, 0.6) is 5.75 Å². The van der Waals surface area contributed by atoms with Crippen LogP contribution < -0.4 is 4.74 Å². The van der Waals surface area contributed by atoms with Gasteiger partial charge in [-0.2, -0.15) is 12.8 Å². The molecular formula is C16H16BrNO3S. The maximum Gasteiger partial charge on any atom is 0.282 e. The van der Waals surface area contributed by atoms with Crippen molar-refractivity contribution in [2.75, 3.05) is 0 Å². The third-order valence-electron chi connectivity index (χ3n) is 2.70. The molecule has 0 radical (unpaired) electrons. The van der Waals surface area contributed by atoms with Gasteiger partial charge in [-0.15, -0.1) is 0 Å². The van der Waals surface area contributed by atoms with E-state index in [0.717, 1.165) is 4.47 Å². The molecule has 0 saturated carbocycles. The highest BCUT2D eigenvalue weighted by atomic mass is 79.9. The number of hydrogen-bond donors (Lipinski definition) is 0. The van der Waals surface area contributed by atoms with Gasteiger partial charge in [0.25, 0.3) is 10.0 Å². The van der Waals surface area contributed by atoms with Crippen LogP contribution in [0.4, 0.5) is 0 Å². The number of ether oxygens (including phenoxy) is 1. The third kappa shape index (κ3) is 4.42. The van der Waals surface area contributed by atoms with Crippen molar-refractivity contribution in [3.8, 4) is 5.75 Å². The Morgan fingerprint density at radius 3 is 2.41 bits per heavy atom. The summed E-state index contributed by atoms with van der Waals surface area (Å²) in [5.41, 5.74) is 0.669. The van der Waals surface area contributed by atoms with Gasteiger partial charge in [0.05, 0.1) is 15.5 Å². The molecule has 0 amide bonds. The van der Waals surface area contributed by atoms with Crippen molar-refractivity contribution in [3.05, 3.63) is 58.6 Å². The van der Waals surface area contributed by atoms with Crippen LogP contribution >= 0.6 is 15.9 Å². The lowest BCUT2D eigenvalue weighted by molar-refractivity contribution is 0.241. The number of benzene rings is 2. The van der Waals surface area contributed by atoms with Crippen molar-refractivity contribution in [1.29, 1.82) is 0 Å². The molecule has 22 heavy (non-hydrogen) atoms. The van der Waals surface area contributed by atoms with E-state index in [9.17, 15) is 8.42 Å². The lowest BCUT2D eigenvalue weighted by Gasteiger charge is -2.11. The lowest BCUT2D eigenvalue weighted by atomic mass is 10.2. The molecule has 2 rings (SSSR count). The summed E-state index contributed by atoms with van der Waals surface area (Å²) in [4.78, 5) is 0.171. The molecule has 0 aliphatic carbocycles. The number of sulfonamides is 1. The molecule has 0 N–H and O–H groups in total. The van der Waals surface area contributed by atoms with E-state index < -0.39 is 10.0 Å². The van der Waals surface area contributed by atoms with Gasteiger partial charge in [0.15, 0.2) is 0 Å². The second kappa shape index (κ2) is 7.07. The minimum atomic E-state index is -3.68. The second-order valence-electron chi connectivity index (χ2n) is 4.88. The van der Waals surface area contributed by atoms with Crippen LogP contribution in [0, 0.1) is 0 Å². The molecule has 4 nitrogen and oxygen atoms in total. The van der Waals surface area contributed by atoms with Crippen molar-refractivity contribution < 1.29 is 13.2 Å². The van der Waals surface area contributed by atoms with Gasteiger partial charge in [-0.3, -0.25) is 0 Å².